The Hall–Kier alpha value is -2.91. The van der Waals surface area contributed by atoms with Crippen molar-refractivity contribution in [2.45, 2.75) is 76.2 Å². The first-order chi connectivity index (χ1) is 18.9. The largest absolute Gasteiger partial charge is 0.478 e. The standard InChI is InChI=1S/2C10H15.2C7H6O2.C2H4.Zr/c2*1-7-6-10(4,5)9(3)8(7)2;2*8-7(9)6-4-2-1-3-5-6;1-2;/h2*1-5H3;2*1-5H,(H,8,9);1H,2H3;/q2*-1;;;;+2. The first kappa shape index (κ1) is 38.1. The van der Waals surface area contributed by atoms with Gasteiger partial charge in [0.1, 0.15) is 0 Å². The second-order valence-corrected chi connectivity index (χ2v) is 12.3. The fourth-order valence-corrected chi connectivity index (χ4v) is 3.97. The molecule has 0 spiro atoms. The summed E-state index contributed by atoms with van der Waals surface area (Å²) in [6.45, 7) is 23.9. The van der Waals surface area contributed by atoms with Gasteiger partial charge in [0.15, 0.2) is 0 Å². The Balaban J connectivity index is 0.000000504. The summed E-state index contributed by atoms with van der Waals surface area (Å²) in [6.07, 6.45) is 6.87. The average molecular weight is 634 g/mol. The molecule has 0 heterocycles. The van der Waals surface area contributed by atoms with Crippen LogP contribution in [0, 0.1) is 23.0 Å². The molecular weight excluding hydrogens is 588 g/mol. The second-order valence-electron chi connectivity index (χ2n) is 10.9. The SMILES string of the molecule is CC1=[C-]C(C)(C)C(C)=C1C.CC1=[C-]C(C)(C)C(C)=C1C.C[CH]=[Zr+2].O=C(O)c1ccccc1.O=C(O)c1ccccc1. The monoisotopic (exact) mass is 632 g/mol. The average Bonchev–Trinajstić information content (AvgIpc) is 3.21. The molecule has 0 saturated heterocycles. The Kier molecular flexibility index (Phi) is 16.5. The molecule has 0 fully saturated rings. The summed E-state index contributed by atoms with van der Waals surface area (Å²) >= 11 is 1.51. The van der Waals surface area contributed by atoms with Crippen molar-refractivity contribution in [1.29, 1.82) is 0 Å². The predicted molar refractivity (Wildman–Crippen MR) is 168 cm³/mol. The van der Waals surface area contributed by atoms with Crippen molar-refractivity contribution in [3.05, 3.63) is 117 Å². The first-order valence-corrected chi connectivity index (χ1v) is 15.0. The number of hydrogen-bond acceptors (Lipinski definition) is 2. The third-order valence-electron chi connectivity index (χ3n) is 7.17. The molecule has 0 unspecified atom stereocenters. The van der Waals surface area contributed by atoms with Gasteiger partial charge in [-0.1, -0.05) is 103 Å². The molecular formula is C36H46O4Zr. The quantitative estimate of drug-likeness (QED) is 0.323. The van der Waals surface area contributed by atoms with Crippen molar-refractivity contribution in [3.63, 3.8) is 0 Å². The molecule has 218 valence electrons. The number of rotatable bonds is 2. The molecule has 2 aliphatic rings. The van der Waals surface area contributed by atoms with Gasteiger partial charge in [-0.2, -0.15) is 22.3 Å². The normalized spacial score (nSPS) is 15.7. The van der Waals surface area contributed by atoms with E-state index in [2.05, 4.69) is 85.1 Å². The molecule has 2 N–H and O–H groups in total. The van der Waals surface area contributed by atoms with Crippen LogP contribution in [0.4, 0.5) is 0 Å². The maximum atomic E-state index is 10.2. The molecule has 5 heteroatoms. The summed E-state index contributed by atoms with van der Waals surface area (Å²) in [5, 5.41) is 16.8. The van der Waals surface area contributed by atoms with Crippen molar-refractivity contribution in [3.8, 4) is 0 Å². The van der Waals surface area contributed by atoms with Gasteiger partial charge in [-0.05, 0) is 24.3 Å². The summed E-state index contributed by atoms with van der Waals surface area (Å²) in [5.41, 5.74) is 9.45. The molecule has 0 atom stereocenters. The maximum Gasteiger partial charge on any atom is 0.335 e. The minimum absolute atomic E-state index is 0.189. The van der Waals surface area contributed by atoms with Gasteiger partial charge < -0.3 is 10.2 Å². The van der Waals surface area contributed by atoms with E-state index in [1.54, 1.807) is 60.7 Å². The van der Waals surface area contributed by atoms with E-state index in [4.69, 9.17) is 10.2 Å². The fourth-order valence-electron chi connectivity index (χ4n) is 3.97. The van der Waals surface area contributed by atoms with Crippen LogP contribution in [-0.2, 0) is 24.2 Å². The van der Waals surface area contributed by atoms with Crippen LogP contribution in [0.2, 0.25) is 0 Å². The number of carboxylic acid groups (broad SMARTS) is 2. The van der Waals surface area contributed by atoms with Crippen LogP contribution in [-0.4, -0.2) is 25.9 Å². The van der Waals surface area contributed by atoms with E-state index in [1.807, 2.05) is 6.92 Å². The van der Waals surface area contributed by atoms with Gasteiger partial charge in [-0.3, -0.25) is 12.2 Å². The zero-order valence-electron chi connectivity index (χ0n) is 26.6. The van der Waals surface area contributed by atoms with Crippen LogP contribution in [0.5, 0.6) is 0 Å². The second kappa shape index (κ2) is 17.8. The number of carboxylic acids is 2. The van der Waals surface area contributed by atoms with Crippen LogP contribution >= 0.6 is 0 Å². The van der Waals surface area contributed by atoms with Gasteiger partial charge in [-0.25, -0.2) is 20.7 Å². The van der Waals surface area contributed by atoms with Crippen molar-refractivity contribution in [2.75, 3.05) is 0 Å². The predicted octanol–water partition coefficient (Wildman–Crippen LogP) is 9.35. The number of hydrogen-bond donors (Lipinski definition) is 2. The number of aromatic carboxylic acids is 2. The molecule has 0 aliphatic heterocycles. The Morgan fingerprint density at radius 1 is 0.634 bits per heavy atom. The summed E-state index contributed by atoms with van der Waals surface area (Å²) < 4.78 is 2.09. The molecule has 0 aromatic heterocycles. The summed E-state index contributed by atoms with van der Waals surface area (Å²) in [7, 11) is 0. The Bertz CT molecular complexity index is 1190. The van der Waals surface area contributed by atoms with Crippen molar-refractivity contribution in [1.82, 2.24) is 0 Å². The molecule has 2 aliphatic carbocycles. The van der Waals surface area contributed by atoms with Gasteiger partial charge in [0.2, 0.25) is 0 Å². The van der Waals surface area contributed by atoms with Gasteiger partial charge in [0.05, 0.1) is 11.1 Å². The van der Waals surface area contributed by atoms with E-state index < -0.39 is 11.9 Å². The first-order valence-electron chi connectivity index (χ1n) is 13.5. The smallest absolute Gasteiger partial charge is 0.335 e. The van der Waals surface area contributed by atoms with Crippen LogP contribution in [0.3, 0.4) is 0 Å². The van der Waals surface area contributed by atoms with E-state index >= 15 is 0 Å². The van der Waals surface area contributed by atoms with E-state index in [0.717, 1.165) is 0 Å². The van der Waals surface area contributed by atoms with Crippen molar-refractivity contribution in [2.24, 2.45) is 10.8 Å². The van der Waals surface area contributed by atoms with E-state index in [-0.39, 0.29) is 10.8 Å². The van der Waals surface area contributed by atoms with Gasteiger partial charge >= 0.3 is 46.8 Å². The van der Waals surface area contributed by atoms with Gasteiger partial charge in [0, 0.05) is 0 Å². The molecule has 0 saturated carbocycles. The zero-order chi connectivity index (χ0) is 32.0. The van der Waals surface area contributed by atoms with Crippen LogP contribution in [0.1, 0.15) is 96.9 Å². The van der Waals surface area contributed by atoms with E-state index in [0.29, 0.717) is 11.1 Å². The van der Waals surface area contributed by atoms with E-state index in [9.17, 15) is 9.59 Å². The molecule has 4 nitrogen and oxygen atoms in total. The van der Waals surface area contributed by atoms with Gasteiger partial charge in [-0.15, -0.1) is 13.8 Å². The molecule has 41 heavy (non-hydrogen) atoms. The summed E-state index contributed by atoms with van der Waals surface area (Å²) in [5.74, 6) is -1.76. The van der Waals surface area contributed by atoms with Crippen molar-refractivity contribution >= 4 is 15.6 Å². The third kappa shape index (κ3) is 13.1. The molecule has 2 aromatic rings. The van der Waals surface area contributed by atoms with Gasteiger partial charge in [0.25, 0.3) is 0 Å². The minimum Gasteiger partial charge on any atom is -0.478 e. The van der Waals surface area contributed by atoms with Crippen LogP contribution in [0.25, 0.3) is 0 Å². The molecule has 2 aromatic carbocycles. The Labute approximate surface area is 262 Å². The Morgan fingerprint density at radius 2 is 0.878 bits per heavy atom. The zero-order valence-corrected chi connectivity index (χ0v) is 29.0. The van der Waals surface area contributed by atoms with Crippen LogP contribution < -0.4 is 0 Å². The van der Waals surface area contributed by atoms with Crippen LogP contribution in [0.15, 0.2) is 94.1 Å². The Morgan fingerprint density at radius 3 is 0.976 bits per heavy atom. The molecule has 0 radical (unpaired) electrons. The molecule has 0 amide bonds. The minimum atomic E-state index is -0.879. The van der Waals surface area contributed by atoms with E-state index in [1.165, 1.54) is 57.7 Å². The summed E-state index contributed by atoms with van der Waals surface area (Å²) in [4.78, 5) is 20.4. The fraction of sp³-hybridized carbons (Fsp3) is 0.361. The topological polar surface area (TPSA) is 74.6 Å². The molecule has 0 bridgehead atoms. The number of benzene rings is 2. The number of carbonyl (C=O) groups is 2. The summed E-state index contributed by atoms with van der Waals surface area (Å²) in [6, 6.07) is 16.6. The maximum absolute atomic E-state index is 10.2. The molecule has 4 rings (SSSR count). The number of allylic oxidation sites excluding steroid dienone is 8. The third-order valence-corrected chi connectivity index (χ3v) is 7.17. The van der Waals surface area contributed by atoms with Crippen molar-refractivity contribution < 1.29 is 44.0 Å².